The van der Waals surface area contributed by atoms with Crippen molar-refractivity contribution in [1.82, 2.24) is 4.90 Å². The molecule has 19 heavy (non-hydrogen) atoms. The first kappa shape index (κ1) is 15.6. The lowest BCUT2D eigenvalue weighted by Crippen LogP contribution is -2.37. The summed E-state index contributed by atoms with van der Waals surface area (Å²) >= 11 is 0. The fourth-order valence-corrected chi connectivity index (χ4v) is 2.25. The van der Waals surface area contributed by atoms with Crippen LogP contribution in [0.25, 0.3) is 10.4 Å². The molecular weight excluding hydrogens is 244 g/mol. The van der Waals surface area contributed by atoms with Gasteiger partial charge in [0.15, 0.2) is 0 Å². The number of azide groups is 1. The highest BCUT2D eigenvalue weighted by molar-refractivity contribution is 5.68. The maximum atomic E-state index is 12.0. The van der Waals surface area contributed by atoms with Gasteiger partial charge in [0, 0.05) is 24.5 Å². The van der Waals surface area contributed by atoms with Crippen LogP contribution in [0.15, 0.2) is 5.11 Å². The molecule has 0 bridgehead atoms. The summed E-state index contributed by atoms with van der Waals surface area (Å²) in [6.45, 7) is 7.68. The van der Waals surface area contributed by atoms with Crippen LogP contribution in [0.1, 0.15) is 46.5 Å². The minimum absolute atomic E-state index is 0.219. The molecular formula is C13H24N4O2. The highest BCUT2D eigenvalue weighted by Crippen LogP contribution is 2.22. The fraction of sp³-hybridized carbons (Fsp3) is 0.923. The second kappa shape index (κ2) is 7.24. The van der Waals surface area contributed by atoms with Gasteiger partial charge in [-0.3, -0.25) is 0 Å². The molecule has 1 aliphatic rings. The third-order valence-electron chi connectivity index (χ3n) is 3.20. The summed E-state index contributed by atoms with van der Waals surface area (Å²) in [5.41, 5.74) is 7.82. The molecule has 6 nitrogen and oxygen atoms in total. The summed E-state index contributed by atoms with van der Waals surface area (Å²) < 4.78 is 5.39. The number of carbonyl (C=O) groups is 1. The Kier molecular flexibility index (Phi) is 5.96. The van der Waals surface area contributed by atoms with Crippen molar-refractivity contribution < 1.29 is 9.53 Å². The molecule has 0 saturated carbocycles. The predicted octanol–water partition coefficient (Wildman–Crippen LogP) is 3.72. The minimum atomic E-state index is -0.440. The van der Waals surface area contributed by atoms with Crippen LogP contribution in [0.3, 0.4) is 0 Å². The van der Waals surface area contributed by atoms with Crippen molar-refractivity contribution in [3.63, 3.8) is 0 Å². The van der Waals surface area contributed by atoms with Gasteiger partial charge in [0.1, 0.15) is 5.60 Å². The Morgan fingerprint density at radius 3 is 2.79 bits per heavy atom. The van der Waals surface area contributed by atoms with Gasteiger partial charge in [-0.05, 0) is 57.9 Å². The summed E-state index contributed by atoms with van der Waals surface area (Å²) in [6, 6.07) is 0. The topological polar surface area (TPSA) is 78.3 Å². The molecule has 6 heteroatoms. The van der Waals surface area contributed by atoms with E-state index in [0.29, 0.717) is 12.5 Å². The van der Waals surface area contributed by atoms with Crippen molar-refractivity contribution >= 4 is 6.09 Å². The second-order valence-corrected chi connectivity index (χ2v) is 6.01. The van der Waals surface area contributed by atoms with E-state index in [2.05, 4.69) is 10.0 Å². The van der Waals surface area contributed by atoms with Crippen LogP contribution in [-0.2, 0) is 4.74 Å². The molecule has 0 spiro atoms. The van der Waals surface area contributed by atoms with E-state index in [1.54, 1.807) is 4.90 Å². The van der Waals surface area contributed by atoms with Gasteiger partial charge >= 0.3 is 6.09 Å². The number of likely N-dealkylation sites (tertiary alicyclic amines) is 1. The van der Waals surface area contributed by atoms with E-state index in [9.17, 15) is 4.79 Å². The molecule has 1 amide bonds. The minimum Gasteiger partial charge on any atom is -0.444 e. The molecule has 1 rings (SSSR count). The van der Waals surface area contributed by atoms with E-state index in [-0.39, 0.29) is 6.09 Å². The molecule has 0 radical (unpaired) electrons. The van der Waals surface area contributed by atoms with Crippen LogP contribution >= 0.6 is 0 Å². The summed E-state index contributed by atoms with van der Waals surface area (Å²) in [5.74, 6) is 0.540. The lowest BCUT2D eigenvalue weighted by molar-refractivity contribution is 0.0255. The molecule has 1 heterocycles. The van der Waals surface area contributed by atoms with Crippen molar-refractivity contribution in [1.29, 1.82) is 0 Å². The number of rotatable bonds is 3. The predicted molar refractivity (Wildman–Crippen MR) is 73.8 cm³/mol. The smallest absolute Gasteiger partial charge is 0.410 e. The Bertz CT molecular complexity index is 345. The van der Waals surface area contributed by atoms with E-state index < -0.39 is 5.60 Å². The highest BCUT2D eigenvalue weighted by atomic mass is 16.6. The quantitative estimate of drug-likeness (QED) is 0.444. The summed E-state index contributed by atoms with van der Waals surface area (Å²) in [6.07, 6.45) is 3.72. The Hall–Kier alpha value is -1.42. The van der Waals surface area contributed by atoms with Crippen LogP contribution in [0.5, 0.6) is 0 Å². The zero-order chi connectivity index (χ0) is 14.3. The monoisotopic (exact) mass is 268 g/mol. The van der Waals surface area contributed by atoms with Crippen LogP contribution in [0.4, 0.5) is 4.79 Å². The molecule has 0 N–H and O–H groups in total. The van der Waals surface area contributed by atoms with E-state index >= 15 is 0 Å². The van der Waals surface area contributed by atoms with Crippen molar-refractivity contribution in [3.8, 4) is 0 Å². The van der Waals surface area contributed by atoms with Crippen molar-refractivity contribution in [3.05, 3.63) is 10.4 Å². The largest absolute Gasteiger partial charge is 0.444 e. The molecule has 1 fully saturated rings. The van der Waals surface area contributed by atoms with Crippen LogP contribution in [0, 0.1) is 5.92 Å². The number of hydrogen-bond donors (Lipinski definition) is 0. The van der Waals surface area contributed by atoms with Gasteiger partial charge in [-0.1, -0.05) is 5.11 Å². The van der Waals surface area contributed by atoms with E-state index in [4.69, 9.17) is 10.3 Å². The Morgan fingerprint density at radius 1 is 1.42 bits per heavy atom. The second-order valence-electron chi connectivity index (χ2n) is 6.01. The van der Waals surface area contributed by atoms with Gasteiger partial charge in [-0.15, -0.1) is 0 Å². The van der Waals surface area contributed by atoms with Gasteiger partial charge < -0.3 is 9.64 Å². The SMILES string of the molecule is CC(C)(C)OC(=O)N1CCCC(CCN=[N+]=[N-])CC1. The molecule has 0 aromatic heterocycles. The molecule has 0 aromatic carbocycles. The standard InChI is InChI=1S/C13H24N4O2/c1-13(2,3)19-12(18)17-9-4-5-11(7-10-17)6-8-15-16-14/h11H,4-10H2,1-3H3. The zero-order valence-electron chi connectivity index (χ0n) is 12.1. The van der Waals surface area contributed by atoms with Crippen LogP contribution in [-0.4, -0.2) is 36.2 Å². The zero-order valence-corrected chi connectivity index (χ0v) is 12.1. The fourth-order valence-electron chi connectivity index (χ4n) is 2.25. The van der Waals surface area contributed by atoms with E-state index in [0.717, 1.165) is 38.8 Å². The Labute approximate surface area is 114 Å². The normalized spacial score (nSPS) is 20.4. The van der Waals surface area contributed by atoms with E-state index in [1.807, 2.05) is 20.8 Å². The lowest BCUT2D eigenvalue weighted by atomic mass is 9.97. The molecule has 1 unspecified atom stereocenters. The highest BCUT2D eigenvalue weighted by Gasteiger charge is 2.24. The number of ether oxygens (including phenoxy) is 1. The average molecular weight is 268 g/mol. The maximum absolute atomic E-state index is 12.0. The average Bonchev–Trinajstić information content (AvgIpc) is 2.53. The van der Waals surface area contributed by atoms with Crippen molar-refractivity contribution in [2.24, 2.45) is 11.0 Å². The van der Waals surface area contributed by atoms with Crippen LogP contribution in [0.2, 0.25) is 0 Å². The summed E-state index contributed by atoms with van der Waals surface area (Å²) in [7, 11) is 0. The first-order valence-electron chi connectivity index (χ1n) is 6.91. The van der Waals surface area contributed by atoms with Crippen LogP contribution < -0.4 is 0 Å². The molecule has 1 atom stereocenters. The summed E-state index contributed by atoms with van der Waals surface area (Å²) in [5, 5.41) is 3.57. The van der Waals surface area contributed by atoms with Gasteiger partial charge in [0.2, 0.25) is 0 Å². The van der Waals surface area contributed by atoms with Gasteiger partial charge in [-0.2, -0.15) is 0 Å². The molecule has 0 aromatic rings. The van der Waals surface area contributed by atoms with E-state index in [1.165, 1.54) is 0 Å². The lowest BCUT2D eigenvalue weighted by Gasteiger charge is -2.26. The Morgan fingerprint density at radius 2 is 2.16 bits per heavy atom. The number of nitrogens with zero attached hydrogens (tertiary/aromatic N) is 4. The number of hydrogen-bond acceptors (Lipinski definition) is 3. The molecule has 1 aliphatic heterocycles. The third-order valence-corrected chi connectivity index (χ3v) is 3.20. The first-order chi connectivity index (χ1) is 8.92. The van der Waals surface area contributed by atoms with Gasteiger partial charge in [0.05, 0.1) is 0 Å². The maximum Gasteiger partial charge on any atom is 0.410 e. The van der Waals surface area contributed by atoms with Gasteiger partial charge in [0.25, 0.3) is 0 Å². The Balaban J connectivity index is 2.40. The molecule has 1 saturated heterocycles. The molecule has 108 valence electrons. The molecule has 0 aliphatic carbocycles. The van der Waals surface area contributed by atoms with Crippen molar-refractivity contribution in [2.75, 3.05) is 19.6 Å². The third kappa shape index (κ3) is 6.34. The summed E-state index contributed by atoms with van der Waals surface area (Å²) in [4.78, 5) is 16.5. The van der Waals surface area contributed by atoms with Gasteiger partial charge in [-0.25, -0.2) is 4.79 Å². The number of carbonyl (C=O) groups excluding carboxylic acids is 1. The number of amides is 1. The first-order valence-corrected chi connectivity index (χ1v) is 6.91. The van der Waals surface area contributed by atoms with Crippen molar-refractivity contribution in [2.45, 2.75) is 52.1 Å².